The second kappa shape index (κ2) is 9.74. The number of pyridine rings is 1. The van der Waals surface area contributed by atoms with Crippen LogP contribution in [0, 0.1) is 5.82 Å². The summed E-state index contributed by atoms with van der Waals surface area (Å²) in [7, 11) is 0. The Kier molecular flexibility index (Phi) is 7.06. The Balaban J connectivity index is 1.55. The molecule has 0 spiro atoms. The third-order valence-corrected chi connectivity index (χ3v) is 4.66. The largest absolute Gasteiger partial charge is 0.444 e. The maximum absolute atomic E-state index is 15.0. The van der Waals surface area contributed by atoms with Crippen LogP contribution in [0.3, 0.4) is 0 Å². The summed E-state index contributed by atoms with van der Waals surface area (Å²) in [6.07, 6.45) is 2.77. The van der Waals surface area contributed by atoms with Crippen LogP contribution in [-0.4, -0.2) is 58.7 Å². The lowest BCUT2D eigenvalue weighted by atomic mass is 10.1. The van der Waals surface area contributed by atoms with E-state index >= 15 is 0 Å². The highest BCUT2D eigenvalue weighted by atomic mass is 19.1. The normalized spacial score (nSPS) is 14.8. The Morgan fingerprint density at radius 2 is 1.84 bits per heavy atom. The predicted molar refractivity (Wildman–Crippen MR) is 116 cm³/mol. The van der Waals surface area contributed by atoms with Gasteiger partial charge in [0.15, 0.2) is 5.82 Å². The SMILES string of the molecule is CC(C)(C)OC(=O)N1CCN(Cc2cccc(NC(=O)Nc3cccnc3)c2F)CC1. The number of hydrogen-bond donors (Lipinski definition) is 2. The van der Waals surface area contributed by atoms with Gasteiger partial charge >= 0.3 is 12.1 Å². The number of benzene rings is 1. The van der Waals surface area contributed by atoms with Gasteiger partial charge in [-0.05, 0) is 39.0 Å². The lowest BCUT2D eigenvalue weighted by molar-refractivity contribution is 0.0138. The van der Waals surface area contributed by atoms with E-state index in [1.54, 1.807) is 35.4 Å². The number of ether oxygens (including phenoxy) is 1. The van der Waals surface area contributed by atoms with E-state index in [2.05, 4.69) is 20.5 Å². The number of anilines is 2. The summed E-state index contributed by atoms with van der Waals surface area (Å²) in [6.45, 7) is 8.14. The molecule has 1 fully saturated rings. The van der Waals surface area contributed by atoms with Gasteiger partial charge in [0.1, 0.15) is 5.60 Å². The minimum Gasteiger partial charge on any atom is -0.444 e. The number of halogens is 1. The highest BCUT2D eigenvalue weighted by Crippen LogP contribution is 2.21. The second-order valence-electron chi connectivity index (χ2n) is 8.34. The lowest BCUT2D eigenvalue weighted by Crippen LogP contribution is -2.49. The minimum absolute atomic E-state index is 0.103. The summed E-state index contributed by atoms with van der Waals surface area (Å²) >= 11 is 0. The van der Waals surface area contributed by atoms with Crippen LogP contribution in [0.1, 0.15) is 26.3 Å². The molecule has 1 aliphatic heterocycles. The number of carbonyl (C=O) groups is 2. The summed E-state index contributed by atoms with van der Waals surface area (Å²) in [5.41, 5.74) is 0.560. The molecule has 2 N–H and O–H groups in total. The predicted octanol–water partition coefficient (Wildman–Crippen LogP) is 3.92. The molecule has 2 heterocycles. The first-order chi connectivity index (χ1) is 14.7. The van der Waals surface area contributed by atoms with Gasteiger partial charge in [-0.3, -0.25) is 9.88 Å². The van der Waals surface area contributed by atoms with Crippen molar-refractivity contribution in [2.45, 2.75) is 32.9 Å². The molecular weight excluding hydrogens is 401 g/mol. The smallest absolute Gasteiger partial charge is 0.410 e. The van der Waals surface area contributed by atoms with Crippen LogP contribution in [0.25, 0.3) is 0 Å². The fourth-order valence-corrected chi connectivity index (χ4v) is 3.18. The molecule has 0 unspecified atom stereocenters. The Morgan fingerprint density at radius 1 is 1.10 bits per heavy atom. The van der Waals surface area contributed by atoms with E-state index in [0.717, 1.165) is 0 Å². The highest BCUT2D eigenvalue weighted by Gasteiger charge is 2.26. The second-order valence-corrected chi connectivity index (χ2v) is 8.34. The number of amides is 3. The van der Waals surface area contributed by atoms with Gasteiger partial charge in [0.05, 0.1) is 17.6 Å². The first-order valence-electron chi connectivity index (χ1n) is 10.2. The molecule has 1 aromatic heterocycles. The zero-order valence-corrected chi connectivity index (χ0v) is 18.0. The van der Waals surface area contributed by atoms with Gasteiger partial charge in [-0.1, -0.05) is 12.1 Å². The van der Waals surface area contributed by atoms with Crippen molar-refractivity contribution in [1.82, 2.24) is 14.8 Å². The zero-order valence-electron chi connectivity index (χ0n) is 18.0. The van der Waals surface area contributed by atoms with Crippen molar-refractivity contribution in [3.8, 4) is 0 Å². The maximum Gasteiger partial charge on any atom is 0.410 e. The lowest BCUT2D eigenvalue weighted by Gasteiger charge is -2.35. The third kappa shape index (κ3) is 6.65. The van der Waals surface area contributed by atoms with E-state index in [0.29, 0.717) is 44.0 Å². The van der Waals surface area contributed by atoms with Crippen molar-refractivity contribution < 1.29 is 18.7 Å². The minimum atomic E-state index is -0.546. The number of aromatic nitrogens is 1. The van der Waals surface area contributed by atoms with Gasteiger partial charge in [-0.15, -0.1) is 0 Å². The number of urea groups is 1. The summed E-state index contributed by atoms with van der Waals surface area (Å²) in [6, 6.07) is 7.75. The molecular formula is C22H28FN5O3. The summed E-state index contributed by atoms with van der Waals surface area (Å²) in [4.78, 5) is 32.0. The summed E-state index contributed by atoms with van der Waals surface area (Å²) < 4.78 is 20.4. The van der Waals surface area contributed by atoms with E-state index in [1.807, 2.05) is 20.8 Å². The van der Waals surface area contributed by atoms with Crippen LogP contribution >= 0.6 is 0 Å². The topological polar surface area (TPSA) is 86.8 Å². The van der Waals surface area contributed by atoms with Crippen molar-refractivity contribution in [3.05, 3.63) is 54.1 Å². The average Bonchev–Trinajstić information content (AvgIpc) is 2.71. The van der Waals surface area contributed by atoms with E-state index < -0.39 is 17.4 Å². The number of hydrogen-bond acceptors (Lipinski definition) is 5. The van der Waals surface area contributed by atoms with E-state index in [1.165, 1.54) is 12.3 Å². The van der Waals surface area contributed by atoms with Crippen molar-refractivity contribution in [2.75, 3.05) is 36.8 Å². The molecule has 3 amide bonds. The van der Waals surface area contributed by atoms with Crippen LogP contribution in [0.2, 0.25) is 0 Å². The molecule has 3 rings (SSSR count). The molecule has 2 aromatic rings. The Morgan fingerprint density at radius 3 is 2.48 bits per heavy atom. The maximum atomic E-state index is 15.0. The number of nitrogens with zero attached hydrogens (tertiary/aromatic N) is 3. The fraction of sp³-hybridized carbons (Fsp3) is 0.409. The average molecular weight is 429 g/mol. The van der Waals surface area contributed by atoms with Crippen LogP contribution < -0.4 is 10.6 Å². The van der Waals surface area contributed by atoms with E-state index in [4.69, 9.17) is 4.74 Å². The number of piperazine rings is 1. The van der Waals surface area contributed by atoms with Crippen LogP contribution in [0.5, 0.6) is 0 Å². The van der Waals surface area contributed by atoms with Crippen LogP contribution in [0.4, 0.5) is 25.4 Å². The summed E-state index contributed by atoms with van der Waals surface area (Å²) in [5, 5.41) is 5.15. The van der Waals surface area contributed by atoms with E-state index in [-0.39, 0.29) is 11.8 Å². The van der Waals surface area contributed by atoms with Crippen molar-refractivity contribution in [3.63, 3.8) is 0 Å². The number of carbonyl (C=O) groups excluding carboxylic acids is 2. The molecule has 9 heteroatoms. The molecule has 0 aliphatic carbocycles. The molecule has 166 valence electrons. The molecule has 0 radical (unpaired) electrons. The standard InChI is InChI=1S/C22H28FN5O3/c1-22(2,3)31-21(30)28-12-10-27(11-13-28)15-16-6-4-8-18(19(16)23)26-20(29)25-17-7-5-9-24-14-17/h4-9,14H,10-13,15H2,1-3H3,(H2,25,26,29). The molecule has 0 atom stereocenters. The van der Waals surface area contributed by atoms with Crippen molar-refractivity contribution in [1.29, 1.82) is 0 Å². The fourth-order valence-electron chi connectivity index (χ4n) is 3.18. The zero-order chi connectivity index (χ0) is 22.4. The first-order valence-corrected chi connectivity index (χ1v) is 10.2. The van der Waals surface area contributed by atoms with E-state index in [9.17, 15) is 14.0 Å². The molecule has 0 bridgehead atoms. The van der Waals surface area contributed by atoms with Gasteiger partial charge in [0, 0.05) is 44.5 Å². The van der Waals surface area contributed by atoms with Gasteiger partial charge in [0.2, 0.25) is 0 Å². The first kappa shape index (κ1) is 22.5. The summed E-state index contributed by atoms with van der Waals surface area (Å²) in [5.74, 6) is -0.474. The molecule has 1 saturated heterocycles. The molecule has 8 nitrogen and oxygen atoms in total. The molecule has 0 saturated carbocycles. The molecule has 1 aromatic carbocycles. The quantitative estimate of drug-likeness (QED) is 0.769. The molecule has 31 heavy (non-hydrogen) atoms. The Bertz CT molecular complexity index is 909. The number of rotatable bonds is 4. The molecule has 1 aliphatic rings. The highest BCUT2D eigenvalue weighted by molar-refractivity contribution is 5.99. The van der Waals surface area contributed by atoms with Crippen LogP contribution in [0.15, 0.2) is 42.7 Å². The third-order valence-electron chi connectivity index (χ3n) is 4.66. The van der Waals surface area contributed by atoms with Gasteiger partial charge in [0.25, 0.3) is 0 Å². The van der Waals surface area contributed by atoms with Gasteiger partial charge < -0.3 is 20.3 Å². The Labute approximate surface area is 181 Å². The van der Waals surface area contributed by atoms with Crippen molar-refractivity contribution in [2.24, 2.45) is 0 Å². The Hall–Kier alpha value is -3.20. The van der Waals surface area contributed by atoms with Gasteiger partial charge in [-0.2, -0.15) is 0 Å². The number of nitrogens with one attached hydrogen (secondary N) is 2. The van der Waals surface area contributed by atoms with Crippen LogP contribution in [-0.2, 0) is 11.3 Å². The van der Waals surface area contributed by atoms with Gasteiger partial charge in [-0.25, -0.2) is 14.0 Å². The monoisotopic (exact) mass is 429 g/mol. The van der Waals surface area contributed by atoms with Crippen molar-refractivity contribution >= 4 is 23.5 Å².